The van der Waals surface area contributed by atoms with Gasteiger partial charge in [-0.1, -0.05) is 18.2 Å². The molecular formula is C24H27FN2O. The highest BCUT2D eigenvalue weighted by molar-refractivity contribution is 5.96. The van der Waals surface area contributed by atoms with Crippen LogP contribution >= 0.6 is 0 Å². The van der Waals surface area contributed by atoms with Crippen LogP contribution in [0.25, 0.3) is 0 Å². The lowest BCUT2D eigenvalue weighted by Gasteiger charge is -2.39. The number of Topliss-reactive ketones (excluding diaryl/α,β-unsaturated/α-hetero) is 1. The van der Waals surface area contributed by atoms with Crippen LogP contribution in [0, 0.1) is 5.82 Å². The van der Waals surface area contributed by atoms with Crippen molar-refractivity contribution < 1.29 is 9.18 Å². The average Bonchev–Trinajstić information content (AvgIpc) is 2.88. The number of aryl methyl sites for hydroxylation is 1. The second-order valence-electron chi connectivity index (χ2n) is 8.45. The van der Waals surface area contributed by atoms with Crippen LogP contribution in [-0.4, -0.2) is 42.9 Å². The fourth-order valence-corrected chi connectivity index (χ4v) is 5.43. The Labute approximate surface area is 166 Å². The lowest BCUT2D eigenvalue weighted by atomic mass is 9.88. The van der Waals surface area contributed by atoms with Gasteiger partial charge in [-0.2, -0.15) is 0 Å². The predicted molar refractivity (Wildman–Crippen MR) is 110 cm³/mol. The van der Waals surface area contributed by atoms with Gasteiger partial charge in [0.1, 0.15) is 5.82 Å². The van der Waals surface area contributed by atoms with Crippen molar-refractivity contribution >= 4 is 11.5 Å². The SMILES string of the molecule is O=C(CCN1CCC2C(C1)c1cccc3c1N2CCCC3)c1ccc(F)cc1. The smallest absolute Gasteiger partial charge is 0.164 e. The quantitative estimate of drug-likeness (QED) is 0.736. The molecule has 3 aliphatic rings. The van der Waals surface area contributed by atoms with Crippen molar-refractivity contribution in [3.05, 3.63) is 65.0 Å². The highest BCUT2D eigenvalue weighted by Gasteiger charge is 2.42. The number of rotatable bonds is 4. The summed E-state index contributed by atoms with van der Waals surface area (Å²) >= 11 is 0. The van der Waals surface area contributed by atoms with Gasteiger partial charge in [0.05, 0.1) is 0 Å². The van der Waals surface area contributed by atoms with E-state index in [0.29, 0.717) is 23.9 Å². The number of likely N-dealkylation sites (tertiary alicyclic amines) is 1. The van der Waals surface area contributed by atoms with Crippen molar-refractivity contribution in [2.24, 2.45) is 0 Å². The van der Waals surface area contributed by atoms with Crippen molar-refractivity contribution in [2.75, 3.05) is 31.1 Å². The van der Waals surface area contributed by atoms with Gasteiger partial charge in [-0.25, -0.2) is 4.39 Å². The fraction of sp³-hybridized carbons (Fsp3) is 0.458. The molecule has 4 heteroatoms. The number of para-hydroxylation sites is 1. The predicted octanol–water partition coefficient (Wildman–Crippen LogP) is 4.41. The number of fused-ring (bicyclic) bond motifs is 3. The maximum Gasteiger partial charge on any atom is 0.164 e. The molecule has 1 saturated heterocycles. The van der Waals surface area contributed by atoms with E-state index in [0.717, 1.165) is 19.6 Å². The van der Waals surface area contributed by atoms with E-state index in [1.807, 2.05) is 0 Å². The summed E-state index contributed by atoms with van der Waals surface area (Å²) in [6.45, 7) is 4.06. The number of benzene rings is 2. The Bertz CT molecular complexity index is 879. The first-order valence-electron chi connectivity index (χ1n) is 10.6. The summed E-state index contributed by atoms with van der Waals surface area (Å²) in [6, 6.07) is 13.4. The highest BCUT2D eigenvalue weighted by Crippen LogP contribution is 2.47. The molecule has 146 valence electrons. The van der Waals surface area contributed by atoms with Crippen LogP contribution in [0.4, 0.5) is 10.1 Å². The zero-order valence-electron chi connectivity index (χ0n) is 16.2. The number of nitrogens with zero attached hydrogens (tertiary/aromatic N) is 2. The Morgan fingerprint density at radius 1 is 1.07 bits per heavy atom. The van der Waals surface area contributed by atoms with Crippen LogP contribution in [0.3, 0.4) is 0 Å². The molecule has 3 heterocycles. The third-order valence-electron chi connectivity index (χ3n) is 6.81. The van der Waals surface area contributed by atoms with Crippen LogP contribution in [0.15, 0.2) is 42.5 Å². The number of hydrogen-bond donors (Lipinski definition) is 0. The number of piperidine rings is 1. The maximum absolute atomic E-state index is 13.1. The molecule has 0 amide bonds. The van der Waals surface area contributed by atoms with Crippen molar-refractivity contribution in [2.45, 2.75) is 44.1 Å². The summed E-state index contributed by atoms with van der Waals surface area (Å²) in [5.74, 6) is 0.366. The van der Waals surface area contributed by atoms with E-state index in [1.165, 1.54) is 61.2 Å². The summed E-state index contributed by atoms with van der Waals surface area (Å²) in [4.78, 5) is 17.6. The Hall–Kier alpha value is -2.20. The van der Waals surface area contributed by atoms with Crippen LogP contribution < -0.4 is 4.90 Å². The van der Waals surface area contributed by atoms with Gasteiger partial charge in [0.25, 0.3) is 0 Å². The number of ketones is 1. The summed E-state index contributed by atoms with van der Waals surface area (Å²) < 4.78 is 13.1. The first-order valence-corrected chi connectivity index (χ1v) is 10.6. The monoisotopic (exact) mass is 378 g/mol. The molecular weight excluding hydrogens is 351 g/mol. The van der Waals surface area contributed by atoms with Crippen LogP contribution in [0.5, 0.6) is 0 Å². The van der Waals surface area contributed by atoms with Gasteiger partial charge in [0, 0.05) is 55.8 Å². The molecule has 2 aromatic carbocycles. The second-order valence-corrected chi connectivity index (χ2v) is 8.45. The standard InChI is InChI=1S/C24H27FN2O/c25-19-9-7-17(8-10-19)23(28)12-15-26-14-11-22-21(16-26)20-6-3-5-18-4-1-2-13-27(22)24(18)20/h3,5-10,21-22H,1-2,4,11-16H2. The number of anilines is 1. The molecule has 0 radical (unpaired) electrons. The average molecular weight is 378 g/mol. The molecule has 3 nitrogen and oxygen atoms in total. The van der Waals surface area contributed by atoms with Gasteiger partial charge in [-0.15, -0.1) is 0 Å². The molecule has 5 rings (SSSR count). The number of carbonyl (C=O) groups is 1. The van der Waals surface area contributed by atoms with E-state index < -0.39 is 0 Å². The third-order valence-corrected chi connectivity index (χ3v) is 6.81. The topological polar surface area (TPSA) is 23.6 Å². The van der Waals surface area contributed by atoms with E-state index in [-0.39, 0.29) is 11.6 Å². The van der Waals surface area contributed by atoms with E-state index in [1.54, 1.807) is 12.1 Å². The molecule has 2 aromatic rings. The zero-order valence-corrected chi connectivity index (χ0v) is 16.2. The second kappa shape index (κ2) is 7.32. The summed E-state index contributed by atoms with van der Waals surface area (Å²) in [5, 5.41) is 0. The van der Waals surface area contributed by atoms with Crippen molar-refractivity contribution in [3.63, 3.8) is 0 Å². The van der Waals surface area contributed by atoms with E-state index in [9.17, 15) is 9.18 Å². The lowest BCUT2D eigenvalue weighted by molar-refractivity contribution is 0.0952. The largest absolute Gasteiger partial charge is 0.367 e. The normalized spacial score (nSPS) is 23.8. The minimum absolute atomic E-state index is 0.104. The Morgan fingerprint density at radius 3 is 2.79 bits per heavy atom. The number of carbonyl (C=O) groups excluding carboxylic acids is 1. The van der Waals surface area contributed by atoms with E-state index >= 15 is 0 Å². The van der Waals surface area contributed by atoms with Gasteiger partial charge >= 0.3 is 0 Å². The Morgan fingerprint density at radius 2 is 1.93 bits per heavy atom. The molecule has 2 unspecified atom stereocenters. The minimum Gasteiger partial charge on any atom is -0.367 e. The first kappa shape index (κ1) is 17.9. The first-order chi connectivity index (χ1) is 13.7. The Balaban J connectivity index is 1.28. The van der Waals surface area contributed by atoms with E-state index in [2.05, 4.69) is 28.0 Å². The van der Waals surface area contributed by atoms with E-state index in [4.69, 9.17) is 0 Å². The van der Waals surface area contributed by atoms with Gasteiger partial charge in [0.2, 0.25) is 0 Å². The lowest BCUT2D eigenvalue weighted by Crippen LogP contribution is -2.46. The fourth-order valence-electron chi connectivity index (χ4n) is 5.43. The van der Waals surface area contributed by atoms with Crippen LogP contribution in [0.2, 0.25) is 0 Å². The number of halogens is 1. The van der Waals surface area contributed by atoms with Crippen molar-refractivity contribution in [3.8, 4) is 0 Å². The molecule has 0 N–H and O–H groups in total. The highest BCUT2D eigenvalue weighted by atomic mass is 19.1. The van der Waals surface area contributed by atoms with Gasteiger partial charge in [-0.3, -0.25) is 4.79 Å². The van der Waals surface area contributed by atoms with Gasteiger partial charge < -0.3 is 9.80 Å². The molecule has 3 aliphatic heterocycles. The summed E-state index contributed by atoms with van der Waals surface area (Å²) in [7, 11) is 0. The van der Waals surface area contributed by atoms with Crippen LogP contribution in [0.1, 0.15) is 53.1 Å². The molecule has 0 saturated carbocycles. The Kier molecular flexibility index (Phi) is 4.67. The molecule has 0 bridgehead atoms. The molecule has 1 fully saturated rings. The maximum atomic E-state index is 13.1. The molecule has 2 atom stereocenters. The zero-order chi connectivity index (χ0) is 19.1. The third kappa shape index (κ3) is 3.14. The number of hydrogen-bond acceptors (Lipinski definition) is 3. The molecule has 0 spiro atoms. The molecule has 28 heavy (non-hydrogen) atoms. The molecule has 0 aromatic heterocycles. The summed E-state index contributed by atoms with van der Waals surface area (Å²) in [5.41, 5.74) is 5.20. The summed E-state index contributed by atoms with van der Waals surface area (Å²) in [6.07, 6.45) is 5.45. The van der Waals surface area contributed by atoms with Gasteiger partial charge in [0.15, 0.2) is 5.78 Å². The van der Waals surface area contributed by atoms with Crippen LogP contribution in [-0.2, 0) is 6.42 Å². The van der Waals surface area contributed by atoms with Gasteiger partial charge in [-0.05, 0) is 61.1 Å². The minimum atomic E-state index is -0.296. The van der Waals surface area contributed by atoms with Crippen molar-refractivity contribution in [1.29, 1.82) is 0 Å². The molecule has 0 aliphatic carbocycles. The van der Waals surface area contributed by atoms with Crippen molar-refractivity contribution in [1.82, 2.24) is 4.90 Å².